The molecule has 3 aromatic carbocycles. The molecule has 0 unspecified atom stereocenters. The summed E-state index contributed by atoms with van der Waals surface area (Å²) in [4.78, 5) is 11.2. The second-order valence-corrected chi connectivity index (χ2v) is 12.3. The van der Waals surface area contributed by atoms with Crippen molar-refractivity contribution in [1.82, 2.24) is 0 Å². The van der Waals surface area contributed by atoms with Crippen molar-refractivity contribution >= 4 is 29.1 Å². The predicted octanol–water partition coefficient (Wildman–Crippen LogP) is 3.67. The normalized spacial score (nSPS) is 11.0. The van der Waals surface area contributed by atoms with Gasteiger partial charge in [-0.1, -0.05) is 86.7 Å². The Morgan fingerprint density at radius 3 is 1.32 bits per heavy atom. The largest absolute Gasteiger partial charge is 1.00 e. The summed E-state index contributed by atoms with van der Waals surface area (Å²) in [6.45, 7) is 0. The van der Waals surface area contributed by atoms with Crippen molar-refractivity contribution in [3.63, 3.8) is 0 Å². The monoisotopic (exact) mass is 588 g/mol. The van der Waals surface area contributed by atoms with Gasteiger partial charge in [0.15, 0.2) is 0 Å². The average molecular weight is 589 g/mol. The van der Waals surface area contributed by atoms with Crippen molar-refractivity contribution in [3.8, 4) is 0 Å². The lowest BCUT2D eigenvalue weighted by Crippen LogP contribution is -3.00. The van der Waals surface area contributed by atoms with Crippen LogP contribution in [0.3, 0.4) is 0 Å². The molecule has 0 aromatic heterocycles. The first-order chi connectivity index (χ1) is 16.3. The zero-order valence-corrected chi connectivity index (χ0v) is 23.4. The highest BCUT2D eigenvalue weighted by Crippen LogP contribution is 2.55. The number of methoxy groups -OCH3 is 1. The number of carbonyl (C=O) groups excluding carboxylic acids is 1. The second-order valence-electron chi connectivity index (χ2n) is 8.69. The lowest BCUT2D eigenvalue weighted by Gasteiger charge is -2.27. The number of esters is 1. The molecule has 0 aliphatic carbocycles. The Morgan fingerprint density at radius 1 is 0.588 bits per heavy atom. The minimum Gasteiger partial charge on any atom is -1.00 e. The van der Waals surface area contributed by atoms with E-state index >= 15 is 0 Å². The first kappa shape index (κ1) is 28.5. The van der Waals surface area contributed by atoms with Gasteiger partial charge in [-0.3, -0.25) is 4.79 Å². The van der Waals surface area contributed by atoms with Crippen LogP contribution in [0.5, 0.6) is 0 Å². The first-order valence-corrected chi connectivity index (χ1v) is 14.4. The van der Waals surface area contributed by atoms with E-state index in [2.05, 4.69) is 91.0 Å². The number of benzene rings is 3. The van der Waals surface area contributed by atoms with Crippen LogP contribution in [0.4, 0.5) is 0 Å². The van der Waals surface area contributed by atoms with E-state index in [0.717, 1.165) is 12.8 Å². The fourth-order valence-corrected chi connectivity index (χ4v) is 9.07. The van der Waals surface area contributed by atoms with Gasteiger partial charge in [0.1, 0.15) is 23.2 Å². The minimum absolute atomic E-state index is 0. The molecule has 3 aromatic rings. The van der Waals surface area contributed by atoms with E-state index in [1.165, 1.54) is 67.7 Å². The van der Waals surface area contributed by atoms with Crippen molar-refractivity contribution in [3.05, 3.63) is 91.0 Å². The number of rotatable bonds is 14. The lowest BCUT2D eigenvalue weighted by molar-refractivity contribution is -0.140. The quantitative estimate of drug-likeness (QED) is 0.124. The van der Waals surface area contributed by atoms with E-state index in [-0.39, 0.29) is 29.9 Å². The molecule has 2 nitrogen and oxygen atoms in total. The van der Waals surface area contributed by atoms with Gasteiger partial charge in [-0.25, -0.2) is 0 Å². The Morgan fingerprint density at radius 2 is 0.941 bits per heavy atom. The molecule has 3 rings (SSSR count). The maximum atomic E-state index is 11.2. The molecule has 0 saturated heterocycles. The topological polar surface area (TPSA) is 26.3 Å². The van der Waals surface area contributed by atoms with Crippen LogP contribution in [0, 0.1) is 0 Å². The standard InChI is InChI=1S/C30H38O2P.HI/c1-32-30(31)25-17-6-4-2-3-5-7-18-26-33(27-19-11-8-12-20-27,28-21-13-9-14-22-28)29-23-15-10-16-24-29;/h8-16,19-24H,2-7,17-18,25-26H2,1H3;1H/q+1;/p-1. The highest BCUT2D eigenvalue weighted by molar-refractivity contribution is 7.95. The van der Waals surface area contributed by atoms with Gasteiger partial charge in [-0.2, -0.15) is 0 Å². The van der Waals surface area contributed by atoms with Crippen LogP contribution in [0.2, 0.25) is 0 Å². The number of unbranched alkanes of at least 4 members (excludes halogenated alkanes) is 7. The summed E-state index contributed by atoms with van der Waals surface area (Å²) in [7, 11) is -0.215. The summed E-state index contributed by atoms with van der Waals surface area (Å²) in [5.74, 6) is -0.0861. The summed E-state index contributed by atoms with van der Waals surface area (Å²) >= 11 is 0. The van der Waals surface area contributed by atoms with Crippen LogP contribution in [-0.2, 0) is 9.53 Å². The molecule has 0 radical (unpaired) electrons. The van der Waals surface area contributed by atoms with E-state index in [0.29, 0.717) is 6.42 Å². The smallest absolute Gasteiger partial charge is 0.305 e. The van der Waals surface area contributed by atoms with Gasteiger partial charge in [0.25, 0.3) is 0 Å². The van der Waals surface area contributed by atoms with Crippen molar-refractivity contribution in [1.29, 1.82) is 0 Å². The van der Waals surface area contributed by atoms with Gasteiger partial charge in [-0.05, 0) is 55.7 Å². The number of halogens is 1. The highest BCUT2D eigenvalue weighted by Gasteiger charge is 2.44. The highest BCUT2D eigenvalue weighted by atomic mass is 127. The van der Waals surface area contributed by atoms with Crippen molar-refractivity contribution in [2.24, 2.45) is 0 Å². The molecule has 0 aliphatic heterocycles. The van der Waals surface area contributed by atoms with Gasteiger partial charge >= 0.3 is 5.97 Å². The van der Waals surface area contributed by atoms with Gasteiger partial charge < -0.3 is 28.7 Å². The molecule has 0 bridgehead atoms. The molecule has 0 fully saturated rings. The Balaban J connectivity index is 0.00000408. The van der Waals surface area contributed by atoms with E-state index in [9.17, 15) is 4.79 Å². The lowest BCUT2D eigenvalue weighted by atomic mass is 10.1. The second kappa shape index (κ2) is 16.1. The Kier molecular flexibility index (Phi) is 13.5. The summed E-state index contributed by atoms with van der Waals surface area (Å²) < 4.78 is 4.71. The first-order valence-electron chi connectivity index (χ1n) is 12.4. The summed E-state index contributed by atoms with van der Waals surface area (Å²) in [5, 5.41) is 4.44. The zero-order valence-electron chi connectivity index (χ0n) is 20.4. The van der Waals surface area contributed by atoms with Crippen molar-refractivity contribution in [2.45, 2.75) is 57.8 Å². The predicted molar refractivity (Wildman–Crippen MR) is 144 cm³/mol. The third-order valence-corrected chi connectivity index (χ3v) is 11.0. The minimum atomic E-state index is -1.68. The third-order valence-electron chi connectivity index (χ3n) is 6.44. The van der Waals surface area contributed by atoms with E-state index < -0.39 is 7.26 Å². The van der Waals surface area contributed by atoms with Gasteiger partial charge in [-0.15, -0.1) is 0 Å². The number of hydrogen-bond acceptors (Lipinski definition) is 2. The van der Waals surface area contributed by atoms with Crippen LogP contribution in [0.25, 0.3) is 0 Å². The fourth-order valence-electron chi connectivity index (χ4n) is 4.66. The molecule has 0 spiro atoms. The van der Waals surface area contributed by atoms with Crippen molar-refractivity contribution < 1.29 is 33.5 Å². The van der Waals surface area contributed by atoms with Crippen LogP contribution < -0.4 is 39.9 Å². The number of hydrogen-bond donors (Lipinski definition) is 0. The van der Waals surface area contributed by atoms with E-state index in [1.54, 1.807) is 0 Å². The third kappa shape index (κ3) is 8.20. The zero-order chi connectivity index (χ0) is 23.2. The van der Waals surface area contributed by atoms with E-state index in [1.807, 2.05) is 0 Å². The molecule has 0 amide bonds. The maximum absolute atomic E-state index is 11.2. The molecule has 0 heterocycles. The SMILES string of the molecule is COC(=O)CCCCCCCCCC[P+](c1ccccc1)(c1ccccc1)c1ccccc1.[I-]. The fraction of sp³-hybridized carbons (Fsp3) is 0.367. The van der Waals surface area contributed by atoms with Crippen LogP contribution >= 0.6 is 7.26 Å². The maximum Gasteiger partial charge on any atom is 0.305 e. The molecule has 0 N–H and O–H groups in total. The van der Waals surface area contributed by atoms with Gasteiger partial charge in [0.2, 0.25) is 0 Å². The molecular weight excluding hydrogens is 550 g/mol. The summed E-state index contributed by atoms with van der Waals surface area (Å²) in [6.07, 6.45) is 11.4. The van der Waals surface area contributed by atoms with Crippen molar-refractivity contribution in [2.75, 3.05) is 13.3 Å². The van der Waals surface area contributed by atoms with Crippen LogP contribution in [0.15, 0.2) is 91.0 Å². The molecule has 182 valence electrons. The van der Waals surface area contributed by atoms with Gasteiger partial charge in [0, 0.05) is 6.42 Å². The average Bonchev–Trinajstić information content (AvgIpc) is 2.89. The Bertz CT molecular complexity index is 835. The molecule has 4 heteroatoms. The number of ether oxygens (including phenoxy) is 1. The van der Waals surface area contributed by atoms with Crippen LogP contribution in [-0.4, -0.2) is 19.2 Å². The molecular formula is C30H38IO2P. The summed E-state index contributed by atoms with van der Waals surface area (Å²) in [5.41, 5.74) is 0. The summed E-state index contributed by atoms with van der Waals surface area (Å²) in [6, 6.07) is 33.5. The Hall–Kier alpha value is -1.71. The van der Waals surface area contributed by atoms with E-state index in [4.69, 9.17) is 4.74 Å². The Labute approximate surface area is 223 Å². The van der Waals surface area contributed by atoms with Crippen LogP contribution in [0.1, 0.15) is 57.8 Å². The number of carbonyl (C=O) groups is 1. The molecule has 0 aliphatic rings. The molecule has 0 saturated carbocycles. The molecule has 34 heavy (non-hydrogen) atoms. The van der Waals surface area contributed by atoms with Gasteiger partial charge in [0.05, 0.1) is 13.3 Å². The molecule has 0 atom stereocenters.